The van der Waals surface area contributed by atoms with E-state index >= 15 is 0 Å². The number of hydrogen-bond acceptors (Lipinski definition) is 3. The van der Waals surface area contributed by atoms with E-state index in [9.17, 15) is 9.90 Å². The van der Waals surface area contributed by atoms with Crippen molar-refractivity contribution >= 4 is 23.4 Å². The molecule has 0 amide bonds. The minimum Gasteiger partial charge on any atom is -0.479 e. The lowest BCUT2D eigenvalue weighted by Crippen LogP contribution is -2.37. The normalized spacial score (nSPS) is 21.1. The van der Waals surface area contributed by atoms with Crippen molar-refractivity contribution in [2.45, 2.75) is 9.77 Å². The van der Waals surface area contributed by atoms with Gasteiger partial charge in [0.15, 0.2) is 0 Å². The van der Waals surface area contributed by atoms with E-state index in [1.54, 1.807) is 0 Å². The van der Waals surface area contributed by atoms with Crippen LogP contribution in [0.3, 0.4) is 0 Å². The Hall–Kier alpha value is -1.94. The number of thioether (sulfide) groups is 1. The van der Waals surface area contributed by atoms with Gasteiger partial charge < -0.3 is 10.4 Å². The van der Waals surface area contributed by atoms with E-state index in [4.69, 9.17) is 0 Å². The highest BCUT2D eigenvalue weighted by Gasteiger charge is 2.46. The molecule has 18 heavy (non-hydrogen) atoms. The Morgan fingerprint density at radius 3 is 2.39 bits per heavy atom. The molecule has 0 spiro atoms. The van der Waals surface area contributed by atoms with Crippen molar-refractivity contribution < 1.29 is 9.90 Å². The maximum Gasteiger partial charge on any atom is 0.345 e. The van der Waals surface area contributed by atoms with E-state index in [1.807, 2.05) is 54.6 Å². The van der Waals surface area contributed by atoms with Crippen molar-refractivity contribution in [3.8, 4) is 0 Å². The van der Waals surface area contributed by atoms with Crippen LogP contribution >= 0.6 is 11.8 Å². The molecular formula is C14H11NO2S. The number of carbonyl (C=O) groups is 1. The van der Waals surface area contributed by atoms with E-state index in [0.29, 0.717) is 0 Å². The smallest absolute Gasteiger partial charge is 0.345 e. The average molecular weight is 257 g/mol. The van der Waals surface area contributed by atoms with Gasteiger partial charge in [0.2, 0.25) is 4.87 Å². The summed E-state index contributed by atoms with van der Waals surface area (Å²) in [6.07, 6.45) is 0. The number of rotatable bonds is 2. The summed E-state index contributed by atoms with van der Waals surface area (Å²) in [6.45, 7) is 0. The monoisotopic (exact) mass is 257 g/mol. The number of carboxylic acids is 1. The third-order valence-electron chi connectivity index (χ3n) is 2.94. The highest BCUT2D eigenvalue weighted by molar-refractivity contribution is 8.01. The lowest BCUT2D eigenvalue weighted by molar-refractivity contribution is -0.139. The van der Waals surface area contributed by atoms with Crippen molar-refractivity contribution in [3.05, 3.63) is 60.2 Å². The second-order valence-electron chi connectivity index (χ2n) is 4.08. The fraction of sp³-hybridized carbons (Fsp3) is 0.0714. The van der Waals surface area contributed by atoms with Crippen molar-refractivity contribution in [2.75, 3.05) is 5.32 Å². The number of anilines is 1. The first-order chi connectivity index (χ1) is 8.72. The van der Waals surface area contributed by atoms with Crippen LogP contribution in [0.25, 0.3) is 0 Å². The Labute approximate surface area is 109 Å². The molecule has 0 bridgehead atoms. The van der Waals surface area contributed by atoms with Crippen LogP contribution in [0.2, 0.25) is 0 Å². The zero-order valence-electron chi connectivity index (χ0n) is 9.46. The van der Waals surface area contributed by atoms with Gasteiger partial charge in [0.1, 0.15) is 0 Å². The van der Waals surface area contributed by atoms with E-state index in [2.05, 4.69) is 5.32 Å². The molecule has 0 saturated carbocycles. The molecular weight excluding hydrogens is 246 g/mol. The second kappa shape index (κ2) is 4.07. The highest BCUT2D eigenvalue weighted by atomic mass is 32.2. The Bertz CT molecular complexity index is 573. The van der Waals surface area contributed by atoms with Gasteiger partial charge in [-0.25, -0.2) is 4.79 Å². The Morgan fingerprint density at radius 1 is 1.06 bits per heavy atom. The Balaban J connectivity index is 2.11. The first kappa shape index (κ1) is 11.2. The predicted octanol–water partition coefficient (Wildman–Crippen LogP) is 3.14. The molecule has 1 atom stereocenters. The van der Waals surface area contributed by atoms with Crippen LogP contribution < -0.4 is 5.32 Å². The van der Waals surface area contributed by atoms with E-state index in [-0.39, 0.29) is 0 Å². The van der Waals surface area contributed by atoms with Crippen molar-refractivity contribution in [1.82, 2.24) is 0 Å². The van der Waals surface area contributed by atoms with Crippen LogP contribution in [0, 0.1) is 0 Å². The van der Waals surface area contributed by atoms with Gasteiger partial charge in [0, 0.05) is 10.6 Å². The summed E-state index contributed by atoms with van der Waals surface area (Å²) >= 11 is 1.33. The number of fused-ring (bicyclic) bond motifs is 1. The second-order valence-corrected chi connectivity index (χ2v) is 5.33. The molecule has 1 heterocycles. The molecule has 3 nitrogen and oxygen atoms in total. The minimum atomic E-state index is -1.12. The average Bonchev–Trinajstić information content (AvgIpc) is 2.80. The maximum absolute atomic E-state index is 11.7. The molecule has 1 unspecified atom stereocenters. The van der Waals surface area contributed by atoms with Crippen molar-refractivity contribution in [3.63, 3.8) is 0 Å². The SMILES string of the molecule is O=C(O)C1(c2ccccc2)Nc2ccccc2S1. The van der Waals surface area contributed by atoms with Gasteiger partial charge >= 0.3 is 5.97 Å². The van der Waals surface area contributed by atoms with Crippen LogP contribution in [0.15, 0.2) is 59.5 Å². The lowest BCUT2D eigenvalue weighted by atomic mass is 10.1. The summed E-state index contributed by atoms with van der Waals surface area (Å²) in [5.74, 6) is -0.880. The van der Waals surface area contributed by atoms with Gasteiger partial charge in [-0.1, -0.05) is 54.2 Å². The van der Waals surface area contributed by atoms with E-state index < -0.39 is 10.8 Å². The van der Waals surface area contributed by atoms with Gasteiger partial charge in [0.05, 0.1) is 0 Å². The molecule has 1 aliphatic rings. The first-order valence-corrected chi connectivity index (χ1v) is 6.39. The van der Waals surface area contributed by atoms with Gasteiger partial charge in [-0.05, 0) is 17.7 Å². The standard InChI is InChI=1S/C14H11NO2S/c16-13(17)14(10-6-2-1-3-7-10)15-11-8-4-5-9-12(11)18-14/h1-9,15H,(H,16,17). The lowest BCUT2D eigenvalue weighted by Gasteiger charge is -2.24. The quantitative estimate of drug-likeness (QED) is 0.867. The van der Waals surface area contributed by atoms with Crippen molar-refractivity contribution in [2.24, 2.45) is 0 Å². The number of nitrogens with one attached hydrogen (secondary N) is 1. The molecule has 0 saturated heterocycles. The summed E-state index contributed by atoms with van der Waals surface area (Å²) in [7, 11) is 0. The molecule has 4 heteroatoms. The van der Waals surface area contributed by atoms with Crippen LogP contribution in [-0.4, -0.2) is 11.1 Å². The number of carboxylic acid groups (broad SMARTS) is 1. The molecule has 90 valence electrons. The van der Waals surface area contributed by atoms with Gasteiger partial charge in [-0.3, -0.25) is 0 Å². The van der Waals surface area contributed by atoms with Crippen molar-refractivity contribution in [1.29, 1.82) is 0 Å². The molecule has 0 aliphatic carbocycles. The zero-order chi connectivity index (χ0) is 12.6. The Morgan fingerprint density at radius 2 is 1.72 bits per heavy atom. The fourth-order valence-electron chi connectivity index (χ4n) is 2.06. The first-order valence-electron chi connectivity index (χ1n) is 5.57. The fourth-order valence-corrected chi connectivity index (χ4v) is 3.27. The van der Waals surface area contributed by atoms with Crippen LogP contribution in [0.1, 0.15) is 5.56 Å². The topological polar surface area (TPSA) is 49.3 Å². The van der Waals surface area contributed by atoms with Gasteiger partial charge in [-0.15, -0.1) is 0 Å². The molecule has 2 N–H and O–H groups in total. The van der Waals surface area contributed by atoms with Gasteiger partial charge in [-0.2, -0.15) is 0 Å². The summed E-state index contributed by atoms with van der Waals surface area (Å²) in [5, 5.41) is 12.7. The minimum absolute atomic E-state index is 0.749. The summed E-state index contributed by atoms with van der Waals surface area (Å²) < 4.78 is 0. The predicted molar refractivity (Wildman–Crippen MR) is 71.7 cm³/mol. The summed E-state index contributed by atoms with van der Waals surface area (Å²) in [6, 6.07) is 16.9. The summed E-state index contributed by atoms with van der Waals surface area (Å²) in [5.41, 5.74) is 1.62. The van der Waals surface area contributed by atoms with Crippen LogP contribution in [-0.2, 0) is 9.67 Å². The number of para-hydroxylation sites is 1. The van der Waals surface area contributed by atoms with Crippen LogP contribution in [0.5, 0.6) is 0 Å². The third kappa shape index (κ3) is 1.57. The molecule has 3 rings (SSSR count). The zero-order valence-corrected chi connectivity index (χ0v) is 10.3. The molecule has 2 aromatic rings. The molecule has 0 aromatic heterocycles. The number of hydrogen-bond donors (Lipinski definition) is 2. The molecule has 2 aromatic carbocycles. The van der Waals surface area contributed by atoms with Gasteiger partial charge in [0.25, 0.3) is 0 Å². The van der Waals surface area contributed by atoms with E-state index in [1.165, 1.54) is 11.8 Å². The number of benzene rings is 2. The summed E-state index contributed by atoms with van der Waals surface area (Å²) in [4.78, 5) is 11.6. The largest absolute Gasteiger partial charge is 0.479 e. The third-order valence-corrected chi connectivity index (χ3v) is 4.34. The van der Waals surface area contributed by atoms with E-state index in [0.717, 1.165) is 16.1 Å². The number of aliphatic carboxylic acids is 1. The molecule has 0 radical (unpaired) electrons. The van der Waals surface area contributed by atoms with Crippen LogP contribution in [0.4, 0.5) is 5.69 Å². The highest BCUT2D eigenvalue weighted by Crippen LogP contribution is 2.50. The molecule has 1 aliphatic heterocycles. The maximum atomic E-state index is 11.7. The Kier molecular flexibility index (Phi) is 2.52. The molecule has 0 fully saturated rings.